The predicted octanol–water partition coefficient (Wildman–Crippen LogP) is 3.00. The standard InChI is InChI=1S/C17H21ClN4O2/c1-11-8-16(21-17(19)20-11)22-6-3-7-24-10-14(22)13-9-12(18)4-5-15(13)23-2/h4-5,8-9,14H,3,6-7,10H2,1-2H3,(H2,19,20,21)/t14-/m1/s1. The first kappa shape index (κ1) is 16.8. The van der Waals surface area contributed by atoms with Crippen LogP contribution in [0.2, 0.25) is 5.02 Å². The van der Waals surface area contributed by atoms with Crippen molar-refractivity contribution in [3.8, 4) is 5.75 Å². The first-order valence-electron chi connectivity index (χ1n) is 7.87. The van der Waals surface area contributed by atoms with Gasteiger partial charge in [0.2, 0.25) is 5.95 Å². The van der Waals surface area contributed by atoms with Crippen molar-refractivity contribution in [1.82, 2.24) is 9.97 Å². The first-order valence-corrected chi connectivity index (χ1v) is 8.25. The maximum Gasteiger partial charge on any atom is 0.222 e. The third kappa shape index (κ3) is 3.55. The third-order valence-electron chi connectivity index (χ3n) is 4.04. The Balaban J connectivity index is 2.06. The van der Waals surface area contributed by atoms with E-state index in [0.717, 1.165) is 35.8 Å². The van der Waals surface area contributed by atoms with Gasteiger partial charge < -0.3 is 20.1 Å². The van der Waals surface area contributed by atoms with Crippen LogP contribution in [-0.4, -0.2) is 36.8 Å². The number of benzene rings is 1. The summed E-state index contributed by atoms with van der Waals surface area (Å²) in [5, 5.41) is 0.661. The van der Waals surface area contributed by atoms with Crippen LogP contribution < -0.4 is 15.4 Å². The SMILES string of the molecule is COc1ccc(Cl)cc1[C@H]1COCCCN1c1cc(C)nc(N)n1. The van der Waals surface area contributed by atoms with Gasteiger partial charge in [-0.1, -0.05) is 11.6 Å². The highest BCUT2D eigenvalue weighted by Gasteiger charge is 2.27. The molecule has 0 aliphatic carbocycles. The molecule has 6 nitrogen and oxygen atoms in total. The van der Waals surface area contributed by atoms with Crippen molar-refractivity contribution < 1.29 is 9.47 Å². The molecule has 2 aromatic rings. The lowest BCUT2D eigenvalue weighted by Gasteiger charge is -2.31. The fourth-order valence-corrected chi connectivity index (χ4v) is 3.18. The highest BCUT2D eigenvalue weighted by Crippen LogP contribution is 2.35. The van der Waals surface area contributed by atoms with Gasteiger partial charge in [0, 0.05) is 35.5 Å². The summed E-state index contributed by atoms with van der Waals surface area (Å²) in [4.78, 5) is 10.8. The number of nitrogen functional groups attached to an aromatic ring is 1. The van der Waals surface area contributed by atoms with E-state index in [1.807, 2.05) is 31.2 Å². The van der Waals surface area contributed by atoms with E-state index in [2.05, 4.69) is 14.9 Å². The summed E-state index contributed by atoms with van der Waals surface area (Å²) in [6.07, 6.45) is 0.905. The van der Waals surface area contributed by atoms with Crippen LogP contribution >= 0.6 is 11.6 Å². The van der Waals surface area contributed by atoms with Crippen molar-refractivity contribution in [3.63, 3.8) is 0 Å². The Hall–Kier alpha value is -2.05. The Bertz CT molecular complexity index is 705. The van der Waals surface area contributed by atoms with Crippen molar-refractivity contribution in [2.24, 2.45) is 0 Å². The third-order valence-corrected chi connectivity index (χ3v) is 4.28. The van der Waals surface area contributed by atoms with Crippen LogP contribution in [0.25, 0.3) is 0 Å². The minimum atomic E-state index is -0.0603. The van der Waals surface area contributed by atoms with Crippen LogP contribution in [0.5, 0.6) is 5.75 Å². The van der Waals surface area contributed by atoms with E-state index in [0.29, 0.717) is 18.2 Å². The Morgan fingerprint density at radius 2 is 2.17 bits per heavy atom. The van der Waals surface area contributed by atoms with Gasteiger partial charge in [-0.05, 0) is 31.5 Å². The summed E-state index contributed by atoms with van der Waals surface area (Å²) in [5.41, 5.74) is 7.65. The number of hydrogen-bond acceptors (Lipinski definition) is 6. The molecule has 1 saturated heterocycles. The number of nitrogens with two attached hydrogens (primary N) is 1. The van der Waals surface area contributed by atoms with Gasteiger partial charge in [-0.3, -0.25) is 0 Å². The van der Waals surface area contributed by atoms with Crippen molar-refractivity contribution in [2.45, 2.75) is 19.4 Å². The molecule has 0 radical (unpaired) electrons. The molecule has 7 heteroatoms. The number of halogens is 1. The number of anilines is 2. The van der Waals surface area contributed by atoms with Gasteiger partial charge in [0.1, 0.15) is 11.6 Å². The van der Waals surface area contributed by atoms with Crippen LogP contribution in [0.3, 0.4) is 0 Å². The second kappa shape index (κ2) is 7.23. The lowest BCUT2D eigenvalue weighted by atomic mass is 10.0. The summed E-state index contributed by atoms with van der Waals surface area (Å²) in [6.45, 7) is 3.94. The smallest absolute Gasteiger partial charge is 0.222 e. The van der Waals surface area contributed by atoms with Crippen LogP contribution in [0, 0.1) is 6.92 Å². The van der Waals surface area contributed by atoms with E-state index in [4.69, 9.17) is 26.8 Å². The minimum absolute atomic E-state index is 0.0603. The molecular weight excluding hydrogens is 328 g/mol. The fraction of sp³-hybridized carbons (Fsp3) is 0.412. The van der Waals surface area contributed by atoms with Crippen LogP contribution in [0.1, 0.15) is 23.7 Å². The molecule has 3 rings (SSSR count). The average molecular weight is 349 g/mol. The van der Waals surface area contributed by atoms with Gasteiger partial charge in [0.25, 0.3) is 0 Å². The van der Waals surface area contributed by atoms with Gasteiger partial charge in [-0.2, -0.15) is 4.98 Å². The van der Waals surface area contributed by atoms with Crippen LogP contribution in [0.15, 0.2) is 24.3 Å². The molecule has 1 aliphatic rings. The zero-order valence-electron chi connectivity index (χ0n) is 13.8. The van der Waals surface area contributed by atoms with Gasteiger partial charge in [-0.25, -0.2) is 4.98 Å². The molecule has 1 aromatic heterocycles. The predicted molar refractivity (Wildman–Crippen MR) is 94.7 cm³/mol. The number of rotatable bonds is 3. The van der Waals surface area contributed by atoms with Gasteiger partial charge >= 0.3 is 0 Å². The van der Waals surface area contributed by atoms with Crippen molar-refractivity contribution in [1.29, 1.82) is 0 Å². The average Bonchev–Trinajstić information content (AvgIpc) is 2.79. The number of methoxy groups -OCH3 is 1. The number of aryl methyl sites for hydroxylation is 1. The molecule has 0 bridgehead atoms. The molecule has 2 N–H and O–H groups in total. The molecule has 0 saturated carbocycles. The Morgan fingerprint density at radius 3 is 2.92 bits per heavy atom. The van der Waals surface area contributed by atoms with E-state index in [9.17, 15) is 0 Å². The lowest BCUT2D eigenvalue weighted by molar-refractivity contribution is 0.133. The summed E-state index contributed by atoms with van der Waals surface area (Å²) in [6, 6.07) is 7.49. The molecule has 1 fully saturated rings. The monoisotopic (exact) mass is 348 g/mol. The summed E-state index contributed by atoms with van der Waals surface area (Å²) in [5.74, 6) is 1.84. The minimum Gasteiger partial charge on any atom is -0.496 e. The summed E-state index contributed by atoms with van der Waals surface area (Å²) >= 11 is 6.22. The van der Waals surface area contributed by atoms with E-state index in [1.165, 1.54) is 0 Å². The van der Waals surface area contributed by atoms with Gasteiger partial charge in [0.05, 0.1) is 19.8 Å². The highest BCUT2D eigenvalue weighted by atomic mass is 35.5. The topological polar surface area (TPSA) is 73.5 Å². The quantitative estimate of drug-likeness (QED) is 0.919. The van der Waals surface area contributed by atoms with E-state index >= 15 is 0 Å². The van der Waals surface area contributed by atoms with E-state index in [-0.39, 0.29) is 12.0 Å². The molecule has 1 aromatic carbocycles. The molecular formula is C17H21ClN4O2. The van der Waals surface area contributed by atoms with Gasteiger partial charge in [0.15, 0.2) is 0 Å². The molecule has 0 spiro atoms. The number of nitrogens with zero attached hydrogens (tertiary/aromatic N) is 3. The van der Waals surface area contributed by atoms with Crippen LogP contribution in [0.4, 0.5) is 11.8 Å². The number of aromatic nitrogens is 2. The Labute approximate surface area is 146 Å². The maximum absolute atomic E-state index is 6.22. The van der Waals surface area contributed by atoms with E-state index < -0.39 is 0 Å². The summed E-state index contributed by atoms with van der Waals surface area (Å²) < 4.78 is 11.3. The Kier molecular flexibility index (Phi) is 5.06. The molecule has 0 unspecified atom stereocenters. The molecule has 2 heterocycles. The molecule has 1 aliphatic heterocycles. The number of ether oxygens (including phenoxy) is 2. The first-order chi connectivity index (χ1) is 11.6. The molecule has 128 valence electrons. The zero-order chi connectivity index (χ0) is 17.1. The van der Waals surface area contributed by atoms with Crippen LogP contribution in [-0.2, 0) is 4.74 Å². The Morgan fingerprint density at radius 1 is 1.33 bits per heavy atom. The largest absolute Gasteiger partial charge is 0.496 e. The molecule has 24 heavy (non-hydrogen) atoms. The van der Waals surface area contributed by atoms with Crippen molar-refractivity contribution >= 4 is 23.4 Å². The fourth-order valence-electron chi connectivity index (χ4n) is 3.00. The molecule has 0 amide bonds. The second-order valence-electron chi connectivity index (χ2n) is 5.75. The van der Waals surface area contributed by atoms with E-state index in [1.54, 1.807) is 7.11 Å². The second-order valence-corrected chi connectivity index (χ2v) is 6.19. The lowest BCUT2D eigenvalue weighted by Crippen LogP contribution is -2.32. The molecule has 1 atom stereocenters. The van der Waals surface area contributed by atoms with Crippen molar-refractivity contribution in [3.05, 3.63) is 40.5 Å². The van der Waals surface area contributed by atoms with Gasteiger partial charge in [-0.15, -0.1) is 0 Å². The van der Waals surface area contributed by atoms with Crippen molar-refractivity contribution in [2.75, 3.05) is 37.5 Å². The number of hydrogen-bond donors (Lipinski definition) is 1. The summed E-state index contributed by atoms with van der Waals surface area (Å²) in [7, 11) is 1.65. The zero-order valence-corrected chi connectivity index (χ0v) is 14.6. The normalized spacial score (nSPS) is 18.3. The maximum atomic E-state index is 6.22. The highest BCUT2D eigenvalue weighted by molar-refractivity contribution is 6.30.